The average molecular weight is 472 g/mol. The lowest BCUT2D eigenvalue weighted by Crippen LogP contribution is -2.46. The number of piperazine rings is 1. The molecule has 35 heavy (non-hydrogen) atoms. The van der Waals surface area contributed by atoms with Gasteiger partial charge in [-0.25, -0.2) is 14.8 Å². The zero-order valence-corrected chi connectivity index (χ0v) is 19.3. The molecule has 9 nitrogen and oxygen atoms in total. The SMILES string of the molecule is CCOc1cccc2cc(C(=O)Nc3cc(N4CCN(c5ccccc5)CC4)ncn3)c(=O)oc12. The van der Waals surface area contributed by atoms with Crippen molar-refractivity contribution in [3.63, 3.8) is 0 Å². The summed E-state index contributed by atoms with van der Waals surface area (Å²) in [6, 6.07) is 18.8. The number of carbonyl (C=O) groups is 1. The van der Waals surface area contributed by atoms with Gasteiger partial charge in [-0.1, -0.05) is 30.3 Å². The van der Waals surface area contributed by atoms with Gasteiger partial charge in [0.05, 0.1) is 6.61 Å². The second-order valence-electron chi connectivity index (χ2n) is 8.08. The first-order valence-electron chi connectivity index (χ1n) is 11.5. The third-order valence-corrected chi connectivity index (χ3v) is 5.89. The molecule has 1 amide bonds. The first kappa shape index (κ1) is 22.4. The van der Waals surface area contributed by atoms with E-state index in [4.69, 9.17) is 9.15 Å². The van der Waals surface area contributed by atoms with E-state index in [1.807, 2.05) is 25.1 Å². The van der Waals surface area contributed by atoms with Crippen LogP contribution in [0.25, 0.3) is 11.0 Å². The van der Waals surface area contributed by atoms with Gasteiger partial charge in [0, 0.05) is 43.3 Å². The Kier molecular flexibility index (Phi) is 6.30. The number of amides is 1. The third kappa shape index (κ3) is 4.79. The molecule has 9 heteroatoms. The van der Waals surface area contributed by atoms with Crippen LogP contribution in [0.2, 0.25) is 0 Å². The fraction of sp³-hybridized carbons (Fsp3) is 0.231. The van der Waals surface area contributed by atoms with Crippen LogP contribution in [0, 0.1) is 0 Å². The molecule has 0 aliphatic carbocycles. The van der Waals surface area contributed by atoms with Gasteiger partial charge in [-0.15, -0.1) is 0 Å². The minimum atomic E-state index is -0.742. The van der Waals surface area contributed by atoms with E-state index in [0.717, 1.165) is 32.0 Å². The van der Waals surface area contributed by atoms with Crippen LogP contribution in [0.1, 0.15) is 17.3 Å². The lowest BCUT2D eigenvalue weighted by Gasteiger charge is -2.36. The summed E-state index contributed by atoms with van der Waals surface area (Å²) in [5, 5.41) is 3.30. The summed E-state index contributed by atoms with van der Waals surface area (Å²) < 4.78 is 10.9. The minimum Gasteiger partial charge on any atom is -0.490 e. The van der Waals surface area contributed by atoms with E-state index in [0.29, 0.717) is 29.1 Å². The normalized spacial score (nSPS) is 13.6. The molecular weight excluding hydrogens is 446 g/mol. The summed E-state index contributed by atoms with van der Waals surface area (Å²) in [7, 11) is 0. The zero-order valence-electron chi connectivity index (χ0n) is 19.3. The maximum atomic E-state index is 12.9. The number of benzene rings is 2. The van der Waals surface area contributed by atoms with Crippen molar-refractivity contribution in [2.75, 3.05) is 47.9 Å². The van der Waals surface area contributed by atoms with E-state index in [-0.39, 0.29) is 5.56 Å². The average Bonchev–Trinajstić information content (AvgIpc) is 2.89. The first-order valence-corrected chi connectivity index (χ1v) is 11.5. The predicted molar refractivity (Wildman–Crippen MR) is 135 cm³/mol. The van der Waals surface area contributed by atoms with E-state index in [1.54, 1.807) is 24.3 Å². The highest BCUT2D eigenvalue weighted by molar-refractivity contribution is 6.05. The molecule has 178 valence electrons. The van der Waals surface area contributed by atoms with Crippen molar-refractivity contribution < 1.29 is 13.9 Å². The van der Waals surface area contributed by atoms with E-state index in [1.165, 1.54) is 18.1 Å². The molecule has 0 unspecified atom stereocenters. The summed E-state index contributed by atoms with van der Waals surface area (Å²) >= 11 is 0. The van der Waals surface area contributed by atoms with Crippen LogP contribution < -0.4 is 25.5 Å². The van der Waals surface area contributed by atoms with Crippen LogP contribution in [0.4, 0.5) is 17.3 Å². The zero-order chi connectivity index (χ0) is 24.2. The number of fused-ring (bicyclic) bond motifs is 1. The highest BCUT2D eigenvalue weighted by Gasteiger charge is 2.20. The van der Waals surface area contributed by atoms with Gasteiger partial charge in [0.25, 0.3) is 5.91 Å². The van der Waals surface area contributed by atoms with Crippen LogP contribution in [0.3, 0.4) is 0 Å². The van der Waals surface area contributed by atoms with E-state index < -0.39 is 11.5 Å². The standard InChI is InChI=1S/C26H25N5O4/c1-2-34-21-10-6-7-18-15-20(26(33)35-24(18)21)25(32)29-22-16-23(28-17-27-22)31-13-11-30(12-14-31)19-8-4-3-5-9-19/h3-10,15-17H,2,11-14H2,1H3,(H,27,28,29,32). The fourth-order valence-electron chi connectivity index (χ4n) is 4.15. The van der Waals surface area contributed by atoms with Crippen LogP contribution in [0.5, 0.6) is 5.75 Å². The molecule has 3 heterocycles. The fourth-order valence-corrected chi connectivity index (χ4v) is 4.15. The van der Waals surface area contributed by atoms with Crippen molar-refractivity contribution in [2.45, 2.75) is 6.92 Å². The van der Waals surface area contributed by atoms with Crippen molar-refractivity contribution in [3.8, 4) is 5.75 Å². The molecule has 2 aromatic carbocycles. The molecule has 1 aliphatic heterocycles. The third-order valence-electron chi connectivity index (χ3n) is 5.89. The molecule has 5 rings (SSSR count). The topological polar surface area (TPSA) is 101 Å². The van der Waals surface area contributed by atoms with Gasteiger partial charge in [-0.2, -0.15) is 0 Å². The monoisotopic (exact) mass is 471 g/mol. The Morgan fingerprint density at radius 3 is 2.54 bits per heavy atom. The molecule has 0 bridgehead atoms. The first-order chi connectivity index (χ1) is 17.1. The van der Waals surface area contributed by atoms with Crippen LogP contribution in [-0.4, -0.2) is 48.7 Å². The quantitative estimate of drug-likeness (QED) is 0.426. The number of hydrogen-bond donors (Lipinski definition) is 1. The Hall–Kier alpha value is -4.40. The molecule has 0 atom stereocenters. The van der Waals surface area contributed by atoms with Crippen LogP contribution >= 0.6 is 0 Å². The number of anilines is 3. The lowest BCUT2D eigenvalue weighted by atomic mass is 10.1. The summed E-state index contributed by atoms with van der Waals surface area (Å²) in [6.45, 7) is 5.57. The number of para-hydroxylation sites is 2. The molecule has 0 spiro atoms. The Labute approximate surface area is 202 Å². The number of rotatable bonds is 6. The highest BCUT2D eigenvalue weighted by Crippen LogP contribution is 2.25. The molecule has 1 aliphatic rings. The molecule has 1 saturated heterocycles. The Morgan fingerprint density at radius 2 is 1.77 bits per heavy atom. The Bertz CT molecular complexity index is 1400. The molecule has 2 aromatic heterocycles. The lowest BCUT2D eigenvalue weighted by molar-refractivity contribution is 0.102. The van der Waals surface area contributed by atoms with Crippen molar-refractivity contribution in [3.05, 3.63) is 83.0 Å². The number of hydrogen-bond acceptors (Lipinski definition) is 8. The second-order valence-corrected chi connectivity index (χ2v) is 8.08. The van der Waals surface area contributed by atoms with E-state index in [2.05, 4.69) is 37.2 Å². The van der Waals surface area contributed by atoms with Gasteiger partial charge in [0.1, 0.15) is 23.5 Å². The number of nitrogens with zero attached hydrogens (tertiary/aromatic N) is 4. The minimum absolute atomic E-state index is 0.109. The van der Waals surface area contributed by atoms with Crippen molar-refractivity contribution >= 4 is 34.2 Å². The van der Waals surface area contributed by atoms with Gasteiger partial charge in [0.2, 0.25) is 0 Å². The number of aromatic nitrogens is 2. The molecule has 4 aromatic rings. The number of ether oxygens (including phenoxy) is 1. The maximum Gasteiger partial charge on any atom is 0.349 e. The number of carbonyl (C=O) groups excluding carboxylic acids is 1. The van der Waals surface area contributed by atoms with Gasteiger partial charge in [0.15, 0.2) is 11.3 Å². The summed E-state index contributed by atoms with van der Waals surface area (Å²) in [5.41, 5.74) is 0.663. The van der Waals surface area contributed by atoms with Crippen LogP contribution in [-0.2, 0) is 0 Å². The van der Waals surface area contributed by atoms with Crippen molar-refractivity contribution in [1.82, 2.24) is 9.97 Å². The molecular formula is C26H25N5O4. The van der Waals surface area contributed by atoms with Crippen molar-refractivity contribution in [1.29, 1.82) is 0 Å². The van der Waals surface area contributed by atoms with Gasteiger partial charge in [-0.3, -0.25) is 4.79 Å². The molecule has 1 N–H and O–H groups in total. The second kappa shape index (κ2) is 9.84. The maximum absolute atomic E-state index is 12.9. The van der Waals surface area contributed by atoms with E-state index >= 15 is 0 Å². The largest absolute Gasteiger partial charge is 0.490 e. The highest BCUT2D eigenvalue weighted by atomic mass is 16.5. The van der Waals surface area contributed by atoms with Gasteiger partial charge in [-0.05, 0) is 31.2 Å². The van der Waals surface area contributed by atoms with Crippen LogP contribution in [0.15, 0.2) is 76.2 Å². The Morgan fingerprint density at radius 1 is 1.00 bits per heavy atom. The van der Waals surface area contributed by atoms with E-state index in [9.17, 15) is 9.59 Å². The van der Waals surface area contributed by atoms with Crippen molar-refractivity contribution in [2.24, 2.45) is 0 Å². The molecule has 0 radical (unpaired) electrons. The van der Waals surface area contributed by atoms with Gasteiger partial charge >= 0.3 is 5.63 Å². The molecule has 1 fully saturated rings. The summed E-state index contributed by atoms with van der Waals surface area (Å²) in [4.78, 5) is 38.5. The molecule has 0 saturated carbocycles. The number of nitrogens with one attached hydrogen (secondary N) is 1. The summed E-state index contributed by atoms with van der Waals surface area (Å²) in [6.07, 6.45) is 1.41. The smallest absolute Gasteiger partial charge is 0.349 e. The van der Waals surface area contributed by atoms with Gasteiger partial charge < -0.3 is 24.3 Å². The Balaban J connectivity index is 1.30. The summed E-state index contributed by atoms with van der Waals surface area (Å²) in [5.74, 6) is 0.894. The predicted octanol–water partition coefficient (Wildman–Crippen LogP) is 3.56.